The summed E-state index contributed by atoms with van der Waals surface area (Å²) in [5.74, 6) is -0.158. The molecular formula is C24H27NO4. The molecule has 0 bridgehead atoms. The first-order chi connectivity index (χ1) is 14.1. The number of carbonyl (C=O) groups excluding carboxylic acids is 3. The monoisotopic (exact) mass is 393 g/mol. The molecule has 152 valence electrons. The number of nitrogens with one attached hydrogen (secondary N) is 1. The van der Waals surface area contributed by atoms with Crippen molar-refractivity contribution in [3.8, 4) is 0 Å². The van der Waals surface area contributed by atoms with E-state index in [9.17, 15) is 14.4 Å². The minimum absolute atomic E-state index is 0.212. The Bertz CT molecular complexity index is 824. The molecule has 1 N–H and O–H groups in total. The Morgan fingerprint density at radius 1 is 0.862 bits per heavy atom. The number of ketones is 1. The largest absolute Gasteiger partial charge is 0.457 e. The fourth-order valence-corrected chi connectivity index (χ4v) is 3.63. The second kappa shape index (κ2) is 10.6. The standard InChI is InChI=1S/C24H27NO4/c26-22(17-29-23(27)16-11-18-7-3-1-4-8-18)19-12-14-21(15-13-19)25-24(28)20-9-5-2-6-10-20/h2,5-6,9-10,12-15,18H,1,3-4,7-8,11,16-17H2,(H,25,28). The van der Waals surface area contributed by atoms with Crippen LogP contribution in [0.3, 0.4) is 0 Å². The highest BCUT2D eigenvalue weighted by atomic mass is 16.5. The summed E-state index contributed by atoms with van der Waals surface area (Å²) in [6.45, 7) is -0.251. The van der Waals surface area contributed by atoms with Crippen molar-refractivity contribution in [1.29, 1.82) is 0 Å². The predicted molar refractivity (Wildman–Crippen MR) is 112 cm³/mol. The summed E-state index contributed by atoms with van der Waals surface area (Å²) in [5, 5.41) is 2.79. The van der Waals surface area contributed by atoms with Gasteiger partial charge < -0.3 is 10.1 Å². The van der Waals surface area contributed by atoms with Gasteiger partial charge in [0, 0.05) is 23.2 Å². The van der Waals surface area contributed by atoms with Gasteiger partial charge in [-0.05, 0) is 48.7 Å². The lowest BCUT2D eigenvalue weighted by Gasteiger charge is -2.20. The van der Waals surface area contributed by atoms with Gasteiger partial charge in [-0.1, -0.05) is 50.3 Å². The first kappa shape index (κ1) is 20.8. The van der Waals surface area contributed by atoms with E-state index < -0.39 is 0 Å². The van der Waals surface area contributed by atoms with E-state index in [0.29, 0.717) is 29.2 Å². The highest BCUT2D eigenvalue weighted by molar-refractivity contribution is 6.04. The number of rotatable bonds is 8. The first-order valence-electron chi connectivity index (χ1n) is 10.3. The van der Waals surface area contributed by atoms with Crippen molar-refractivity contribution in [2.75, 3.05) is 11.9 Å². The summed E-state index contributed by atoms with van der Waals surface area (Å²) in [4.78, 5) is 36.3. The molecule has 1 aliphatic carbocycles. The van der Waals surface area contributed by atoms with Crippen molar-refractivity contribution in [2.24, 2.45) is 5.92 Å². The molecule has 5 nitrogen and oxygen atoms in total. The van der Waals surface area contributed by atoms with Crippen molar-refractivity contribution < 1.29 is 19.1 Å². The van der Waals surface area contributed by atoms with E-state index in [1.165, 1.54) is 32.1 Å². The molecule has 0 aromatic heterocycles. The molecule has 0 saturated heterocycles. The Hall–Kier alpha value is -2.95. The number of esters is 1. The van der Waals surface area contributed by atoms with Crippen molar-refractivity contribution in [3.63, 3.8) is 0 Å². The van der Waals surface area contributed by atoms with Crippen LogP contribution in [0.4, 0.5) is 5.69 Å². The van der Waals surface area contributed by atoms with Crippen molar-refractivity contribution >= 4 is 23.3 Å². The second-order valence-electron chi connectivity index (χ2n) is 7.52. The zero-order valence-corrected chi connectivity index (χ0v) is 16.6. The van der Waals surface area contributed by atoms with Gasteiger partial charge in [-0.25, -0.2) is 0 Å². The second-order valence-corrected chi connectivity index (χ2v) is 7.52. The molecule has 2 aromatic carbocycles. The number of hydrogen-bond acceptors (Lipinski definition) is 4. The third-order valence-corrected chi connectivity index (χ3v) is 5.35. The van der Waals surface area contributed by atoms with Gasteiger partial charge in [-0.15, -0.1) is 0 Å². The van der Waals surface area contributed by atoms with Gasteiger partial charge >= 0.3 is 5.97 Å². The molecule has 2 aromatic rings. The van der Waals surface area contributed by atoms with Crippen molar-refractivity contribution in [3.05, 3.63) is 65.7 Å². The third kappa shape index (κ3) is 6.56. The normalized spacial score (nSPS) is 14.2. The summed E-state index contributed by atoms with van der Waals surface area (Å²) in [7, 11) is 0. The third-order valence-electron chi connectivity index (χ3n) is 5.35. The smallest absolute Gasteiger partial charge is 0.306 e. The number of benzene rings is 2. The molecule has 0 heterocycles. The number of ether oxygens (including phenoxy) is 1. The summed E-state index contributed by atoms with van der Waals surface area (Å²) in [6, 6.07) is 15.5. The van der Waals surface area contributed by atoms with E-state index in [1.807, 2.05) is 6.07 Å². The highest BCUT2D eigenvalue weighted by Crippen LogP contribution is 2.27. The van der Waals surface area contributed by atoms with Gasteiger partial charge in [0.15, 0.2) is 12.4 Å². The SMILES string of the molecule is O=C(CCC1CCCCC1)OCC(=O)c1ccc(NC(=O)c2ccccc2)cc1. The number of carbonyl (C=O) groups is 3. The fraction of sp³-hybridized carbons (Fsp3) is 0.375. The van der Waals surface area contributed by atoms with Crippen LogP contribution in [0.5, 0.6) is 0 Å². The van der Waals surface area contributed by atoms with E-state index >= 15 is 0 Å². The number of Topliss-reactive ketones (excluding diaryl/α,β-unsaturated/α-hetero) is 1. The van der Waals surface area contributed by atoms with Gasteiger partial charge in [0.2, 0.25) is 0 Å². The van der Waals surface area contributed by atoms with Gasteiger partial charge in [-0.3, -0.25) is 14.4 Å². The van der Waals surface area contributed by atoms with E-state index in [1.54, 1.807) is 48.5 Å². The molecule has 0 atom stereocenters. The van der Waals surface area contributed by atoms with Crippen LogP contribution in [-0.4, -0.2) is 24.3 Å². The Balaban J connectivity index is 1.42. The topological polar surface area (TPSA) is 72.5 Å². The lowest BCUT2D eigenvalue weighted by Crippen LogP contribution is -2.16. The summed E-state index contributed by atoms with van der Waals surface area (Å²) >= 11 is 0. The van der Waals surface area contributed by atoms with Crippen LogP contribution < -0.4 is 5.32 Å². The summed E-state index contributed by atoms with van der Waals surface area (Å²) in [6.07, 6.45) is 7.41. The van der Waals surface area contributed by atoms with Gasteiger partial charge in [0.25, 0.3) is 5.91 Å². The zero-order valence-electron chi connectivity index (χ0n) is 16.6. The molecule has 1 saturated carbocycles. The highest BCUT2D eigenvalue weighted by Gasteiger charge is 2.16. The maximum Gasteiger partial charge on any atom is 0.306 e. The number of anilines is 1. The molecule has 29 heavy (non-hydrogen) atoms. The molecule has 0 aliphatic heterocycles. The average Bonchev–Trinajstić information content (AvgIpc) is 2.78. The minimum atomic E-state index is -0.310. The fourth-order valence-electron chi connectivity index (χ4n) is 3.63. The van der Waals surface area contributed by atoms with E-state index in [0.717, 1.165) is 6.42 Å². The Labute approximate surface area is 171 Å². The summed E-state index contributed by atoms with van der Waals surface area (Å²) in [5.41, 5.74) is 1.61. The lowest BCUT2D eigenvalue weighted by atomic mass is 9.86. The molecule has 0 spiro atoms. The van der Waals surface area contributed by atoms with E-state index in [-0.39, 0.29) is 24.3 Å². The molecule has 0 unspecified atom stereocenters. The number of amides is 1. The minimum Gasteiger partial charge on any atom is -0.457 e. The van der Waals surface area contributed by atoms with E-state index in [2.05, 4.69) is 5.32 Å². The van der Waals surface area contributed by atoms with Crippen LogP contribution >= 0.6 is 0 Å². The molecule has 0 radical (unpaired) electrons. The quantitative estimate of drug-likeness (QED) is 0.505. The number of hydrogen-bond donors (Lipinski definition) is 1. The van der Waals surface area contributed by atoms with E-state index in [4.69, 9.17) is 4.74 Å². The average molecular weight is 393 g/mol. The molecule has 5 heteroatoms. The van der Waals surface area contributed by atoms with Gasteiger partial charge in [-0.2, -0.15) is 0 Å². The van der Waals surface area contributed by atoms with Crippen molar-refractivity contribution in [2.45, 2.75) is 44.9 Å². The first-order valence-corrected chi connectivity index (χ1v) is 10.3. The maximum atomic E-state index is 12.2. The van der Waals surface area contributed by atoms with Crippen molar-refractivity contribution in [1.82, 2.24) is 0 Å². The van der Waals surface area contributed by atoms with Crippen LogP contribution in [0.15, 0.2) is 54.6 Å². The lowest BCUT2D eigenvalue weighted by molar-refractivity contribution is -0.142. The van der Waals surface area contributed by atoms with Crippen LogP contribution in [0.1, 0.15) is 65.7 Å². The molecule has 3 rings (SSSR count). The summed E-state index contributed by atoms with van der Waals surface area (Å²) < 4.78 is 5.14. The molecule has 1 amide bonds. The molecular weight excluding hydrogens is 366 g/mol. The van der Waals surface area contributed by atoms with Gasteiger partial charge in [0.05, 0.1) is 0 Å². The maximum absolute atomic E-state index is 12.2. The van der Waals surface area contributed by atoms with Crippen LogP contribution in [-0.2, 0) is 9.53 Å². The Morgan fingerprint density at radius 2 is 1.55 bits per heavy atom. The Morgan fingerprint density at radius 3 is 2.24 bits per heavy atom. The zero-order chi connectivity index (χ0) is 20.5. The van der Waals surface area contributed by atoms with Crippen LogP contribution in [0, 0.1) is 5.92 Å². The Kier molecular flexibility index (Phi) is 7.56. The van der Waals surface area contributed by atoms with Crippen LogP contribution in [0.2, 0.25) is 0 Å². The van der Waals surface area contributed by atoms with Gasteiger partial charge in [0.1, 0.15) is 0 Å². The molecule has 1 aliphatic rings. The van der Waals surface area contributed by atoms with Crippen LogP contribution in [0.25, 0.3) is 0 Å². The molecule has 1 fully saturated rings. The predicted octanol–water partition coefficient (Wildman–Crippen LogP) is 5.03.